The van der Waals surface area contributed by atoms with E-state index in [2.05, 4.69) is 10.4 Å². The SMILES string of the molecule is O=C(Nc1cccc(C(F)(F)F)c1)c1cc(Cn2cc(Cl)cn2)cs1. The highest BCUT2D eigenvalue weighted by molar-refractivity contribution is 7.12. The van der Waals surface area contributed by atoms with Gasteiger partial charge in [0.05, 0.1) is 28.2 Å². The Bertz CT molecular complexity index is 904. The van der Waals surface area contributed by atoms with Crippen LogP contribution in [0.15, 0.2) is 48.1 Å². The molecule has 3 aromatic rings. The van der Waals surface area contributed by atoms with Gasteiger partial charge in [-0.05, 0) is 35.2 Å². The molecule has 0 radical (unpaired) electrons. The fourth-order valence-electron chi connectivity index (χ4n) is 2.16. The van der Waals surface area contributed by atoms with Crippen LogP contribution in [0.25, 0.3) is 0 Å². The van der Waals surface area contributed by atoms with E-state index in [1.165, 1.54) is 29.7 Å². The van der Waals surface area contributed by atoms with Crippen molar-refractivity contribution < 1.29 is 18.0 Å². The summed E-state index contributed by atoms with van der Waals surface area (Å²) in [5.74, 6) is -0.464. The van der Waals surface area contributed by atoms with Gasteiger partial charge in [0.15, 0.2) is 0 Å². The highest BCUT2D eigenvalue weighted by atomic mass is 35.5. The summed E-state index contributed by atoms with van der Waals surface area (Å²) in [6.07, 6.45) is -1.29. The maximum absolute atomic E-state index is 12.7. The predicted octanol–water partition coefficient (Wildman–Crippen LogP) is 4.92. The molecule has 130 valence electrons. The van der Waals surface area contributed by atoms with Crippen molar-refractivity contribution in [2.45, 2.75) is 12.7 Å². The van der Waals surface area contributed by atoms with E-state index in [1.807, 2.05) is 0 Å². The first-order valence-electron chi connectivity index (χ1n) is 7.05. The number of anilines is 1. The Morgan fingerprint density at radius 3 is 2.80 bits per heavy atom. The molecule has 1 amide bonds. The Balaban J connectivity index is 1.70. The number of rotatable bonds is 4. The molecule has 25 heavy (non-hydrogen) atoms. The van der Waals surface area contributed by atoms with Gasteiger partial charge in [0.1, 0.15) is 0 Å². The van der Waals surface area contributed by atoms with Gasteiger partial charge in [0.2, 0.25) is 0 Å². The molecule has 3 rings (SSSR count). The molecule has 0 aliphatic rings. The van der Waals surface area contributed by atoms with Crippen LogP contribution in [0, 0.1) is 0 Å². The van der Waals surface area contributed by atoms with Gasteiger partial charge in [-0.3, -0.25) is 9.48 Å². The zero-order valence-corrected chi connectivity index (χ0v) is 14.1. The number of carbonyl (C=O) groups is 1. The van der Waals surface area contributed by atoms with E-state index < -0.39 is 17.6 Å². The number of halogens is 4. The monoisotopic (exact) mass is 385 g/mol. The Labute approximate surface area is 149 Å². The van der Waals surface area contributed by atoms with Crippen molar-refractivity contribution in [2.75, 3.05) is 5.32 Å². The molecule has 1 N–H and O–H groups in total. The summed E-state index contributed by atoms with van der Waals surface area (Å²) < 4.78 is 39.8. The van der Waals surface area contributed by atoms with E-state index >= 15 is 0 Å². The van der Waals surface area contributed by atoms with Gasteiger partial charge in [-0.25, -0.2) is 0 Å². The van der Waals surface area contributed by atoms with Crippen LogP contribution in [0.4, 0.5) is 18.9 Å². The summed E-state index contributed by atoms with van der Waals surface area (Å²) in [7, 11) is 0. The topological polar surface area (TPSA) is 46.9 Å². The van der Waals surface area contributed by atoms with Crippen molar-refractivity contribution in [2.24, 2.45) is 0 Å². The largest absolute Gasteiger partial charge is 0.416 e. The first-order chi connectivity index (χ1) is 11.8. The van der Waals surface area contributed by atoms with Gasteiger partial charge in [-0.15, -0.1) is 11.3 Å². The zero-order chi connectivity index (χ0) is 18.0. The molecule has 0 bridgehead atoms. The minimum atomic E-state index is -4.46. The summed E-state index contributed by atoms with van der Waals surface area (Å²) in [5.41, 5.74) is 0.125. The molecule has 2 aromatic heterocycles. The van der Waals surface area contributed by atoms with Crippen LogP contribution < -0.4 is 5.32 Å². The molecular weight excluding hydrogens is 375 g/mol. The average molecular weight is 386 g/mol. The first-order valence-corrected chi connectivity index (χ1v) is 8.31. The maximum Gasteiger partial charge on any atom is 0.416 e. The second-order valence-corrected chi connectivity index (χ2v) is 6.56. The number of aromatic nitrogens is 2. The van der Waals surface area contributed by atoms with Crippen LogP contribution in [0.5, 0.6) is 0 Å². The Morgan fingerprint density at radius 1 is 1.32 bits per heavy atom. The highest BCUT2D eigenvalue weighted by Gasteiger charge is 2.30. The second kappa shape index (κ2) is 6.89. The predicted molar refractivity (Wildman–Crippen MR) is 90.1 cm³/mol. The van der Waals surface area contributed by atoms with E-state index in [0.717, 1.165) is 17.7 Å². The Hall–Kier alpha value is -2.32. The standard InChI is InChI=1S/C16H11ClF3N3OS/c17-12-6-21-23(8-12)7-10-4-14(25-9-10)15(24)22-13-3-1-2-11(5-13)16(18,19)20/h1-6,8-9H,7H2,(H,22,24). The fourth-order valence-corrected chi connectivity index (χ4v) is 3.11. The Morgan fingerprint density at radius 2 is 2.12 bits per heavy atom. The third-order valence-electron chi connectivity index (χ3n) is 3.27. The van der Waals surface area contributed by atoms with Gasteiger partial charge >= 0.3 is 6.18 Å². The van der Waals surface area contributed by atoms with Gasteiger partial charge < -0.3 is 5.32 Å². The van der Waals surface area contributed by atoms with Crippen molar-refractivity contribution in [1.82, 2.24) is 9.78 Å². The molecule has 0 spiro atoms. The fraction of sp³-hybridized carbons (Fsp3) is 0.125. The second-order valence-electron chi connectivity index (χ2n) is 5.21. The molecule has 9 heteroatoms. The van der Waals surface area contributed by atoms with E-state index in [9.17, 15) is 18.0 Å². The minimum absolute atomic E-state index is 0.0913. The number of thiophene rings is 1. The molecule has 0 aliphatic heterocycles. The number of carbonyl (C=O) groups excluding carboxylic acids is 1. The number of benzene rings is 1. The van der Waals surface area contributed by atoms with E-state index in [-0.39, 0.29) is 5.69 Å². The molecule has 0 aliphatic carbocycles. The molecule has 2 heterocycles. The number of nitrogens with zero attached hydrogens (tertiary/aromatic N) is 2. The number of hydrogen-bond donors (Lipinski definition) is 1. The number of amides is 1. The lowest BCUT2D eigenvalue weighted by atomic mass is 10.2. The third-order valence-corrected chi connectivity index (χ3v) is 4.44. The van der Waals surface area contributed by atoms with Crippen LogP contribution in [0.3, 0.4) is 0 Å². The molecule has 0 saturated carbocycles. The van der Waals surface area contributed by atoms with Gasteiger partial charge in [-0.2, -0.15) is 18.3 Å². The van der Waals surface area contributed by atoms with Crippen molar-refractivity contribution >= 4 is 34.5 Å². The third kappa shape index (κ3) is 4.40. The molecular formula is C16H11ClF3N3OS. The van der Waals surface area contributed by atoms with Crippen LogP contribution in [0.1, 0.15) is 20.8 Å². The highest BCUT2D eigenvalue weighted by Crippen LogP contribution is 2.30. The van der Waals surface area contributed by atoms with E-state index in [4.69, 9.17) is 11.6 Å². The van der Waals surface area contributed by atoms with Crippen molar-refractivity contribution in [3.63, 3.8) is 0 Å². The summed E-state index contributed by atoms with van der Waals surface area (Å²) in [6, 6.07) is 6.18. The van der Waals surface area contributed by atoms with Crippen LogP contribution in [-0.2, 0) is 12.7 Å². The Kier molecular flexibility index (Phi) is 4.82. The lowest BCUT2D eigenvalue weighted by Crippen LogP contribution is -2.12. The number of alkyl halides is 3. The zero-order valence-electron chi connectivity index (χ0n) is 12.5. The minimum Gasteiger partial charge on any atom is -0.321 e. The van der Waals surface area contributed by atoms with Crippen molar-refractivity contribution in [3.05, 3.63) is 69.1 Å². The quantitative estimate of drug-likeness (QED) is 0.693. The lowest BCUT2D eigenvalue weighted by Gasteiger charge is -2.09. The summed E-state index contributed by atoms with van der Waals surface area (Å²) in [4.78, 5) is 12.6. The maximum atomic E-state index is 12.7. The molecule has 0 fully saturated rings. The smallest absolute Gasteiger partial charge is 0.321 e. The normalized spacial score (nSPS) is 11.5. The average Bonchev–Trinajstić information content (AvgIpc) is 3.16. The van der Waals surface area contributed by atoms with Gasteiger partial charge in [0, 0.05) is 11.9 Å². The van der Waals surface area contributed by atoms with Gasteiger partial charge in [-0.1, -0.05) is 17.7 Å². The van der Waals surface area contributed by atoms with Crippen LogP contribution in [-0.4, -0.2) is 15.7 Å². The molecule has 0 saturated heterocycles. The lowest BCUT2D eigenvalue weighted by molar-refractivity contribution is -0.137. The molecule has 1 aromatic carbocycles. The number of hydrogen-bond acceptors (Lipinski definition) is 3. The van der Waals surface area contributed by atoms with E-state index in [0.29, 0.717) is 16.4 Å². The summed E-state index contributed by atoms with van der Waals surface area (Å²) >= 11 is 7.00. The molecule has 4 nitrogen and oxygen atoms in total. The van der Waals surface area contributed by atoms with Crippen LogP contribution in [0.2, 0.25) is 5.02 Å². The van der Waals surface area contributed by atoms with E-state index in [1.54, 1.807) is 22.3 Å². The summed E-state index contributed by atoms with van der Waals surface area (Å²) in [5, 5.41) is 8.83. The summed E-state index contributed by atoms with van der Waals surface area (Å²) in [6.45, 7) is 0.445. The molecule has 0 atom stereocenters. The van der Waals surface area contributed by atoms with Gasteiger partial charge in [0.25, 0.3) is 5.91 Å². The van der Waals surface area contributed by atoms with Crippen molar-refractivity contribution in [3.8, 4) is 0 Å². The van der Waals surface area contributed by atoms with Crippen molar-refractivity contribution in [1.29, 1.82) is 0 Å². The first kappa shape index (κ1) is 17.5. The van der Waals surface area contributed by atoms with Crippen LogP contribution >= 0.6 is 22.9 Å². The number of nitrogens with one attached hydrogen (secondary N) is 1. The molecule has 0 unspecified atom stereocenters.